The lowest BCUT2D eigenvalue weighted by Crippen LogP contribution is -2.48. The SMILES string of the molecule is COC(=O)c1ccc(CN2CCN(CC(=O)Nc3ccc(Oc4ccccc4)cc3)CC2)cc1. The molecule has 0 atom stereocenters. The summed E-state index contributed by atoms with van der Waals surface area (Å²) >= 11 is 0. The van der Waals surface area contributed by atoms with Crippen molar-refractivity contribution in [3.8, 4) is 11.5 Å². The number of carbonyl (C=O) groups excluding carboxylic acids is 2. The minimum Gasteiger partial charge on any atom is -0.465 e. The van der Waals surface area contributed by atoms with Gasteiger partial charge < -0.3 is 14.8 Å². The number of para-hydroxylation sites is 1. The molecule has 1 aliphatic rings. The molecule has 0 unspecified atom stereocenters. The summed E-state index contributed by atoms with van der Waals surface area (Å²) in [4.78, 5) is 28.6. The van der Waals surface area contributed by atoms with Crippen molar-refractivity contribution in [1.29, 1.82) is 0 Å². The van der Waals surface area contributed by atoms with Crippen LogP contribution in [0.4, 0.5) is 5.69 Å². The molecule has 1 N–H and O–H groups in total. The van der Waals surface area contributed by atoms with Crippen LogP contribution >= 0.6 is 0 Å². The summed E-state index contributed by atoms with van der Waals surface area (Å²) in [7, 11) is 1.38. The van der Waals surface area contributed by atoms with Crippen molar-refractivity contribution in [2.24, 2.45) is 0 Å². The van der Waals surface area contributed by atoms with Gasteiger partial charge in [-0.1, -0.05) is 30.3 Å². The lowest BCUT2D eigenvalue weighted by atomic mass is 10.1. The normalized spacial score (nSPS) is 14.4. The summed E-state index contributed by atoms with van der Waals surface area (Å²) in [6.07, 6.45) is 0. The number of anilines is 1. The van der Waals surface area contributed by atoms with Crippen LogP contribution in [-0.2, 0) is 16.1 Å². The Morgan fingerprint density at radius 1 is 0.794 bits per heavy atom. The van der Waals surface area contributed by atoms with E-state index in [4.69, 9.17) is 9.47 Å². The van der Waals surface area contributed by atoms with Crippen molar-refractivity contribution < 1.29 is 19.1 Å². The van der Waals surface area contributed by atoms with E-state index in [2.05, 4.69) is 15.1 Å². The van der Waals surface area contributed by atoms with E-state index in [0.29, 0.717) is 12.1 Å². The van der Waals surface area contributed by atoms with Crippen LogP contribution < -0.4 is 10.1 Å². The Bertz CT molecular complexity index is 1080. The molecule has 0 saturated carbocycles. The molecule has 0 aliphatic carbocycles. The number of hydrogen-bond donors (Lipinski definition) is 1. The zero-order valence-electron chi connectivity index (χ0n) is 19.3. The monoisotopic (exact) mass is 459 g/mol. The predicted molar refractivity (Wildman–Crippen MR) is 131 cm³/mol. The fraction of sp³-hybridized carbons (Fsp3) is 0.259. The smallest absolute Gasteiger partial charge is 0.337 e. The van der Waals surface area contributed by atoms with E-state index >= 15 is 0 Å². The maximum absolute atomic E-state index is 12.5. The van der Waals surface area contributed by atoms with Crippen LogP contribution in [0, 0.1) is 0 Å². The van der Waals surface area contributed by atoms with Gasteiger partial charge in [-0.2, -0.15) is 0 Å². The van der Waals surface area contributed by atoms with Gasteiger partial charge in [-0.25, -0.2) is 4.79 Å². The van der Waals surface area contributed by atoms with E-state index in [-0.39, 0.29) is 11.9 Å². The van der Waals surface area contributed by atoms with Crippen molar-refractivity contribution in [3.63, 3.8) is 0 Å². The lowest BCUT2D eigenvalue weighted by molar-refractivity contribution is -0.117. The third-order valence-corrected chi connectivity index (χ3v) is 5.73. The summed E-state index contributed by atoms with van der Waals surface area (Å²) in [5.41, 5.74) is 2.46. The highest BCUT2D eigenvalue weighted by Crippen LogP contribution is 2.22. The van der Waals surface area contributed by atoms with Gasteiger partial charge in [0, 0.05) is 38.4 Å². The number of rotatable bonds is 8. The predicted octanol–water partition coefficient (Wildman–Crippen LogP) is 4.02. The number of benzene rings is 3. The Morgan fingerprint density at radius 3 is 2.06 bits per heavy atom. The van der Waals surface area contributed by atoms with E-state index in [1.54, 1.807) is 12.1 Å². The second-order valence-electron chi connectivity index (χ2n) is 8.23. The zero-order valence-corrected chi connectivity index (χ0v) is 19.3. The minimum atomic E-state index is -0.324. The summed E-state index contributed by atoms with van der Waals surface area (Å²) in [6.45, 7) is 4.62. The van der Waals surface area contributed by atoms with E-state index in [9.17, 15) is 9.59 Å². The Morgan fingerprint density at radius 2 is 1.41 bits per heavy atom. The molecule has 34 heavy (non-hydrogen) atoms. The Labute approximate surface area is 199 Å². The molecule has 1 saturated heterocycles. The van der Waals surface area contributed by atoms with Gasteiger partial charge in [-0.15, -0.1) is 0 Å². The summed E-state index contributed by atoms with van der Waals surface area (Å²) in [5.74, 6) is 1.15. The van der Waals surface area contributed by atoms with Crippen LogP contribution in [0.5, 0.6) is 11.5 Å². The number of nitrogens with one attached hydrogen (secondary N) is 1. The highest BCUT2D eigenvalue weighted by Gasteiger charge is 2.19. The van der Waals surface area contributed by atoms with Gasteiger partial charge in [0.05, 0.1) is 19.2 Å². The Kier molecular flexibility index (Phi) is 7.91. The number of methoxy groups -OCH3 is 1. The fourth-order valence-electron chi connectivity index (χ4n) is 3.86. The maximum atomic E-state index is 12.5. The number of amides is 1. The van der Waals surface area contributed by atoms with Gasteiger partial charge in [0.1, 0.15) is 11.5 Å². The molecule has 0 radical (unpaired) electrons. The van der Waals surface area contributed by atoms with Crippen molar-refractivity contribution in [1.82, 2.24) is 9.80 Å². The summed E-state index contributed by atoms with van der Waals surface area (Å²) in [6, 6.07) is 24.5. The number of nitrogens with zero attached hydrogens (tertiary/aromatic N) is 2. The van der Waals surface area contributed by atoms with Gasteiger partial charge in [-0.3, -0.25) is 14.6 Å². The topological polar surface area (TPSA) is 71.1 Å². The Hall–Kier alpha value is -3.68. The van der Waals surface area contributed by atoms with Gasteiger partial charge in [-0.05, 0) is 54.1 Å². The van der Waals surface area contributed by atoms with Gasteiger partial charge in [0.15, 0.2) is 0 Å². The average Bonchev–Trinajstić information content (AvgIpc) is 2.87. The zero-order chi connectivity index (χ0) is 23.8. The van der Waals surface area contributed by atoms with E-state index in [1.165, 1.54) is 7.11 Å². The standard InChI is InChI=1S/C27H29N3O4/c1-33-27(32)22-9-7-21(8-10-22)19-29-15-17-30(18-16-29)20-26(31)28-23-11-13-25(14-12-23)34-24-5-3-2-4-6-24/h2-14H,15-20H2,1H3,(H,28,31). The first kappa shape index (κ1) is 23.5. The molecule has 1 aliphatic heterocycles. The lowest BCUT2D eigenvalue weighted by Gasteiger charge is -2.34. The first-order chi connectivity index (χ1) is 16.6. The van der Waals surface area contributed by atoms with Gasteiger partial charge in [0.2, 0.25) is 5.91 Å². The first-order valence-electron chi connectivity index (χ1n) is 11.3. The van der Waals surface area contributed by atoms with Gasteiger partial charge in [0.25, 0.3) is 0 Å². The quantitative estimate of drug-likeness (QED) is 0.513. The maximum Gasteiger partial charge on any atom is 0.337 e. The number of hydrogen-bond acceptors (Lipinski definition) is 6. The molecule has 0 bridgehead atoms. The largest absolute Gasteiger partial charge is 0.465 e. The molecule has 7 heteroatoms. The average molecular weight is 460 g/mol. The molecule has 7 nitrogen and oxygen atoms in total. The molecule has 1 heterocycles. The third-order valence-electron chi connectivity index (χ3n) is 5.73. The van der Waals surface area contributed by atoms with Crippen LogP contribution in [0.1, 0.15) is 15.9 Å². The molecule has 176 valence electrons. The molecule has 0 aromatic heterocycles. The molecule has 1 fully saturated rings. The molecular weight excluding hydrogens is 430 g/mol. The summed E-state index contributed by atoms with van der Waals surface area (Å²) in [5, 5.41) is 2.96. The molecule has 4 rings (SSSR count). The van der Waals surface area contributed by atoms with Crippen LogP contribution in [0.25, 0.3) is 0 Å². The van der Waals surface area contributed by atoms with Crippen LogP contribution in [0.15, 0.2) is 78.9 Å². The number of carbonyl (C=O) groups is 2. The van der Waals surface area contributed by atoms with E-state index in [0.717, 1.165) is 55.5 Å². The molecule has 0 spiro atoms. The molecule has 3 aromatic carbocycles. The highest BCUT2D eigenvalue weighted by molar-refractivity contribution is 5.92. The van der Waals surface area contributed by atoms with Crippen molar-refractivity contribution in [2.45, 2.75) is 6.54 Å². The number of ether oxygens (including phenoxy) is 2. The second kappa shape index (κ2) is 11.4. The van der Waals surface area contributed by atoms with Crippen LogP contribution in [-0.4, -0.2) is 61.5 Å². The molecular formula is C27H29N3O4. The summed E-state index contributed by atoms with van der Waals surface area (Å²) < 4.78 is 10.5. The fourth-order valence-corrected chi connectivity index (χ4v) is 3.86. The second-order valence-corrected chi connectivity index (χ2v) is 8.23. The van der Waals surface area contributed by atoms with Crippen molar-refractivity contribution in [2.75, 3.05) is 45.2 Å². The van der Waals surface area contributed by atoms with Gasteiger partial charge >= 0.3 is 5.97 Å². The van der Waals surface area contributed by atoms with Crippen LogP contribution in [0.2, 0.25) is 0 Å². The third kappa shape index (κ3) is 6.66. The minimum absolute atomic E-state index is 0.0245. The number of piperazine rings is 1. The van der Waals surface area contributed by atoms with Crippen LogP contribution in [0.3, 0.4) is 0 Å². The van der Waals surface area contributed by atoms with E-state index in [1.807, 2.05) is 66.7 Å². The molecule has 1 amide bonds. The Balaban J connectivity index is 1.19. The van der Waals surface area contributed by atoms with E-state index < -0.39 is 0 Å². The molecule has 3 aromatic rings. The number of esters is 1. The highest BCUT2D eigenvalue weighted by atomic mass is 16.5. The van der Waals surface area contributed by atoms with Crippen molar-refractivity contribution >= 4 is 17.6 Å². The van der Waals surface area contributed by atoms with Crippen molar-refractivity contribution in [3.05, 3.63) is 90.0 Å². The first-order valence-corrected chi connectivity index (χ1v) is 11.3.